The maximum absolute atomic E-state index is 11.8. The number of hydrogen-bond acceptors (Lipinski definition) is 5. The lowest BCUT2D eigenvalue weighted by Gasteiger charge is -2.20. The Bertz CT molecular complexity index is 419. The summed E-state index contributed by atoms with van der Waals surface area (Å²) in [7, 11) is 1.63. The summed E-state index contributed by atoms with van der Waals surface area (Å²) >= 11 is 1.74. The predicted molar refractivity (Wildman–Crippen MR) is 76.5 cm³/mol. The molecule has 6 nitrogen and oxygen atoms in total. The molecule has 2 rings (SSSR count). The van der Waals surface area contributed by atoms with Gasteiger partial charge in [0.1, 0.15) is 6.61 Å². The van der Waals surface area contributed by atoms with Gasteiger partial charge in [-0.25, -0.2) is 0 Å². The molecule has 0 aromatic carbocycles. The molecule has 0 bridgehead atoms. The lowest BCUT2D eigenvalue weighted by atomic mass is 10.0. The minimum atomic E-state index is -0.0318. The normalized spacial score (nSPS) is 16.2. The van der Waals surface area contributed by atoms with Gasteiger partial charge in [0.25, 0.3) is 6.20 Å². The molecule has 1 aromatic rings. The van der Waals surface area contributed by atoms with E-state index in [0.717, 1.165) is 0 Å². The number of nitrogens with one attached hydrogen (secondary N) is 1. The highest BCUT2D eigenvalue weighted by atomic mass is 32.2. The van der Waals surface area contributed by atoms with E-state index in [1.807, 2.05) is 0 Å². The molecule has 0 saturated heterocycles. The number of amides is 1. The van der Waals surface area contributed by atoms with E-state index in [2.05, 4.69) is 10.6 Å². The topological polar surface area (TPSA) is 68.2 Å². The number of ether oxygens (including phenoxy) is 1. The third-order valence-corrected chi connectivity index (χ3v) is 4.67. The number of thioether (sulfide) groups is 1. The van der Waals surface area contributed by atoms with Crippen LogP contribution in [0.15, 0.2) is 10.7 Å². The first-order valence-corrected chi connectivity index (χ1v) is 8.09. The van der Waals surface area contributed by atoms with Gasteiger partial charge in [0, 0.05) is 12.4 Å². The monoisotopic (exact) mass is 300 g/mol. The molecule has 7 heteroatoms. The highest BCUT2D eigenvalue weighted by Gasteiger charge is 2.17. The molecular weight excluding hydrogens is 278 g/mol. The maximum atomic E-state index is 11.8. The minimum Gasteiger partial charge on any atom is -0.378 e. The van der Waals surface area contributed by atoms with E-state index in [4.69, 9.17) is 9.26 Å². The summed E-state index contributed by atoms with van der Waals surface area (Å²) in [6, 6.07) is 0. The predicted octanol–water partition coefficient (Wildman–Crippen LogP) is 1.61. The number of carbonyl (C=O) groups excluding carboxylic acids is 1. The zero-order chi connectivity index (χ0) is 14.2. The van der Waals surface area contributed by atoms with Gasteiger partial charge in [0.2, 0.25) is 17.7 Å². The quantitative estimate of drug-likeness (QED) is 0.775. The Morgan fingerprint density at radius 1 is 1.55 bits per heavy atom. The summed E-state index contributed by atoms with van der Waals surface area (Å²) in [6.07, 6.45) is 8.06. The first-order valence-electron chi connectivity index (χ1n) is 7.05. The Hall–Kier alpha value is -1.08. The molecule has 0 radical (unpaired) electrons. The molecule has 0 unspecified atom stereocenters. The van der Waals surface area contributed by atoms with Crippen LogP contribution < -0.4 is 10.00 Å². The van der Waals surface area contributed by atoms with E-state index in [1.165, 1.54) is 32.1 Å². The first-order chi connectivity index (χ1) is 9.78. The third kappa shape index (κ3) is 5.13. The van der Waals surface area contributed by atoms with Crippen LogP contribution in [0.5, 0.6) is 0 Å². The van der Waals surface area contributed by atoms with Crippen molar-refractivity contribution in [2.75, 3.05) is 24.8 Å². The number of hydrogen-bond donors (Lipinski definition) is 1. The Morgan fingerprint density at radius 2 is 2.35 bits per heavy atom. The van der Waals surface area contributed by atoms with Crippen LogP contribution in [0.1, 0.15) is 32.1 Å². The molecule has 1 aliphatic rings. The molecule has 0 atom stereocenters. The number of nitrogens with zero attached hydrogens (tertiary/aromatic N) is 2. The molecule has 112 valence electrons. The Balaban J connectivity index is 1.69. The Kier molecular flexibility index (Phi) is 6.32. The summed E-state index contributed by atoms with van der Waals surface area (Å²) in [5.41, 5.74) is 0. The van der Waals surface area contributed by atoms with Crippen LogP contribution in [0, 0.1) is 0 Å². The van der Waals surface area contributed by atoms with Crippen LogP contribution in [-0.2, 0) is 16.1 Å². The lowest BCUT2D eigenvalue weighted by Crippen LogP contribution is -2.36. The number of rotatable bonds is 7. The third-order valence-electron chi connectivity index (χ3n) is 3.30. The zero-order valence-corrected chi connectivity index (χ0v) is 12.7. The van der Waals surface area contributed by atoms with Crippen molar-refractivity contribution in [1.82, 2.24) is 5.27 Å². The van der Waals surface area contributed by atoms with E-state index in [9.17, 15) is 4.79 Å². The van der Waals surface area contributed by atoms with Crippen molar-refractivity contribution >= 4 is 23.6 Å². The van der Waals surface area contributed by atoms with Crippen molar-refractivity contribution in [2.45, 2.75) is 43.9 Å². The van der Waals surface area contributed by atoms with Gasteiger partial charge < -0.3 is 4.74 Å². The molecule has 1 aliphatic carbocycles. The van der Waals surface area contributed by atoms with Crippen molar-refractivity contribution in [2.24, 2.45) is 0 Å². The summed E-state index contributed by atoms with van der Waals surface area (Å²) in [6.45, 7) is 1.16. The molecule has 1 amide bonds. The average Bonchev–Trinajstić information content (AvgIpc) is 2.91. The zero-order valence-electron chi connectivity index (χ0n) is 11.8. The van der Waals surface area contributed by atoms with Crippen LogP contribution in [0.4, 0.5) is 5.88 Å². The van der Waals surface area contributed by atoms with Gasteiger partial charge in [0.05, 0.1) is 5.75 Å². The van der Waals surface area contributed by atoms with Crippen LogP contribution in [0.2, 0.25) is 0 Å². The van der Waals surface area contributed by atoms with Crippen LogP contribution in [0.3, 0.4) is 0 Å². The second-order valence-corrected chi connectivity index (χ2v) is 6.23. The van der Waals surface area contributed by atoms with Gasteiger partial charge in [-0.1, -0.05) is 19.3 Å². The largest absolute Gasteiger partial charge is 0.378 e. The fourth-order valence-electron chi connectivity index (χ4n) is 2.22. The van der Waals surface area contributed by atoms with E-state index >= 15 is 0 Å². The molecule has 0 aliphatic heterocycles. The molecule has 1 saturated carbocycles. The van der Waals surface area contributed by atoms with Crippen molar-refractivity contribution in [3.63, 3.8) is 0 Å². The average molecular weight is 300 g/mol. The van der Waals surface area contributed by atoms with Gasteiger partial charge in [-0.3, -0.25) is 14.6 Å². The summed E-state index contributed by atoms with van der Waals surface area (Å²) < 4.78 is 11.6. The van der Waals surface area contributed by atoms with Gasteiger partial charge in [-0.2, -0.15) is 0 Å². The fourth-order valence-corrected chi connectivity index (χ4v) is 3.35. The molecule has 1 N–H and O–H groups in total. The molecule has 0 spiro atoms. The number of aromatic nitrogens is 2. The van der Waals surface area contributed by atoms with E-state index < -0.39 is 0 Å². The number of carbonyl (C=O) groups is 1. The SMILES string of the molecule is COCC[n+]1cc(NC(=O)CSC2CCCCC2)on1. The minimum absolute atomic E-state index is 0.0318. The van der Waals surface area contributed by atoms with Crippen LogP contribution in [0.25, 0.3) is 0 Å². The molecule has 20 heavy (non-hydrogen) atoms. The summed E-state index contributed by atoms with van der Waals surface area (Å²) in [5.74, 6) is 0.828. The smallest absolute Gasteiger partial charge is 0.302 e. The van der Waals surface area contributed by atoms with Crippen LogP contribution in [-0.4, -0.2) is 35.9 Å². The van der Waals surface area contributed by atoms with E-state index in [0.29, 0.717) is 30.0 Å². The van der Waals surface area contributed by atoms with Crippen molar-refractivity contribution in [3.8, 4) is 0 Å². The lowest BCUT2D eigenvalue weighted by molar-refractivity contribution is -0.763. The maximum Gasteiger partial charge on any atom is 0.302 e. The van der Waals surface area contributed by atoms with Crippen LogP contribution >= 0.6 is 11.8 Å². The molecule has 1 heterocycles. The molecular formula is C13H22N3O3S+. The van der Waals surface area contributed by atoms with E-state index in [-0.39, 0.29) is 5.91 Å². The highest BCUT2D eigenvalue weighted by Crippen LogP contribution is 2.28. The van der Waals surface area contributed by atoms with Crippen molar-refractivity contribution in [3.05, 3.63) is 6.20 Å². The fraction of sp³-hybridized carbons (Fsp3) is 0.769. The molecule has 1 fully saturated rings. The summed E-state index contributed by atoms with van der Waals surface area (Å²) in [4.78, 5) is 11.8. The van der Waals surface area contributed by atoms with Gasteiger partial charge in [-0.15, -0.1) is 11.8 Å². The summed E-state index contributed by atoms with van der Waals surface area (Å²) in [5, 5.41) is 7.16. The Morgan fingerprint density at radius 3 is 3.10 bits per heavy atom. The second-order valence-electron chi connectivity index (χ2n) is 4.94. The van der Waals surface area contributed by atoms with E-state index in [1.54, 1.807) is 29.8 Å². The number of methoxy groups -OCH3 is 1. The van der Waals surface area contributed by atoms with Gasteiger partial charge >= 0.3 is 5.88 Å². The van der Waals surface area contributed by atoms with Crippen molar-refractivity contribution in [1.29, 1.82) is 0 Å². The van der Waals surface area contributed by atoms with Gasteiger partial charge in [-0.05, 0) is 17.5 Å². The Labute approximate surface area is 123 Å². The standard InChI is InChI=1S/C13H21N3O3S/c1-18-8-7-16-9-13(19-15-16)14-12(17)10-20-11-5-3-2-4-6-11/h9,11H,2-8,10H2,1H3/p+1. The molecule has 1 aromatic heterocycles. The first kappa shape index (κ1) is 15.3. The highest BCUT2D eigenvalue weighted by molar-refractivity contribution is 8.00. The second kappa shape index (κ2) is 8.26. The van der Waals surface area contributed by atoms with Crippen molar-refractivity contribution < 1.29 is 18.7 Å². The number of anilines is 1. The van der Waals surface area contributed by atoms with Gasteiger partial charge in [0.15, 0.2) is 0 Å².